The smallest absolute Gasteiger partial charge is 0.348 e. The third-order valence-electron chi connectivity index (χ3n) is 2.61. The number of aryl methyl sites for hydroxylation is 1. The highest BCUT2D eigenvalue weighted by Gasteiger charge is 2.09. The Morgan fingerprint density at radius 3 is 2.83 bits per heavy atom. The predicted octanol–water partition coefficient (Wildman–Crippen LogP) is -0.616. The molecule has 0 unspecified atom stereocenters. The van der Waals surface area contributed by atoms with Crippen LogP contribution in [0.2, 0.25) is 0 Å². The van der Waals surface area contributed by atoms with Crippen LogP contribution in [0.25, 0.3) is 10.9 Å². The van der Waals surface area contributed by atoms with Gasteiger partial charge in [-0.25, -0.2) is 10.3 Å². The number of ether oxygens (including phenoxy) is 1. The lowest BCUT2D eigenvalue weighted by Crippen LogP contribution is -2.73. The number of aromatic nitrogens is 2. The molecule has 2 aromatic rings. The fourth-order valence-corrected chi connectivity index (χ4v) is 1.63. The number of guanidine groups is 1. The summed E-state index contributed by atoms with van der Waals surface area (Å²) in [7, 11) is 3.35. The van der Waals surface area contributed by atoms with Crippen molar-refractivity contribution in [1.82, 2.24) is 9.97 Å². The van der Waals surface area contributed by atoms with Crippen LogP contribution in [-0.4, -0.2) is 30.1 Å². The lowest BCUT2D eigenvalue weighted by atomic mass is 10.2. The molecule has 6 nitrogen and oxygen atoms in total. The van der Waals surface area contributed by atoms with E-state index in [1.807, 2.05) is 25.1 Å². The zero-order valence-electron chi connectivity index (χ0n) is 10.6. The van der Waals surface area contributed by atoms with Crippen molar-refractivity contribution < 1.29 is 9.73 Å². The molecule has 1 aromatic carbocycles. The molecule has 94 valence electrons. The number of rotatable bonds is 2. The van der Waals surface area contributed by atoms with Crippen molar-refractivity contribution in [3.63, 3.8) is 0 Å². The Hall–Kier alpha value is -2.37. The minimum absolute atomic E-state index is 0.400. The highest BCUT2D eigenvalue weighted by Crippen LogP contribution is 2.22. The largest absolute Gasteiger partial charge is 0.497 e. The first-order valence-corrected chi connectivity index (χ1v) is 5.53. The maximum absolute atomic E-state index is 5.64. The molecule has 0 saturated heterocycles. The standard InChI is InChI=1S/C12H15N5O/c1-7-9-5-4-8(18-3)6-10(9)16-12(15-7)17-11(13)14-2/h4-6H,1-3H3,(H3,13,14,15,16,17)/p+1. The average Bonchev–Trinajstić information content (AvgIpc) is 2.37. The van der Waals surface area contributed by atoms with Crippen LogP contribution < -0.4 is 20.8 Å². The van der Waals surface area contributed by atoms with Crippen LogP contribution in [0.15, 0.2) is 18.2 Å². The lowest BCUT2D eigenvalue weighted by Gasteiger charge is -2.05. The summed E-state index contributed by atoms with van der Waals surface area (Å²) in [5, 5.41) is 3.87. The van der Waals surface area contributed by atoms with E-state index >= 15 is 0 Å². The fraction of sp³-hybridized carbons (Fsp3) is 0.250. The second-order valence-corrected chi connectivity index (χ2v) is 3.80. The number of methoxy groups -OCH3 is 1. The number of nitrogens with one attached hydrogen (secondary N) is 2. The zero-order valence-corrected chi connectivity index (χ0v) is 10.6. The SMILES string of the molecule is C[NH+]=C(N)Nc1nc(C)c2ccc(OC)cc2n1. The van der Waals surface area contributed by atoms with Crippen molar-refractivity contribution in [1.29, 1.82) is 0 Å². The van der Waals surface area contributed by atoms with Crippen LogP contribution in [0.3, 0.4) is 0 Å². The second-order valence-electron chi connectivity index (χ2n) is 3.80. The van der Waals surface area contributed by atoms with Crippen LogP contribution in [0.4, 0.5) is 5.95 Å². The Morgan fingerprint density at radius 2 is 2.17 bits per heavy atom. The van der Waals surface area contributed by atoms with Gasteiger partial charge in [0, 0.05) is 11.5 Å². The van der Waals surface area contributed by atoms with Gasteiger partial charge in [-0.1, -0.05) is 0 Å². The Kier molecular flexibility index (Phi) is 3.27. The number of fused-ring (bicyclic) bond motifs is 1. The van der Waals surface area contributed by atoms with Gasteiger partial charge in [0.05, 0.1) is 25.4 Å². The third kappa shape index (κ3) is 2.32. The summed E-state index contributed by atoms with van der Waals surface area (Å²) in [5.41, 5.74) is 7.34. The van der Waals surface area contributed by atoms with Gasteiger partial charge < -0.3 is 4.74 Å². The van der Waals surface area contributed by atoms with E-state index in [1.54, 1.807) is 14.2 Å². The molecule has 0 radical (unpaired) electrons. The molecule has 18 heavy (non-hydrogen) atoms. The molecule has 0 aliphatic rings. The van der Waals surface area contributed by atoms with Gasteiger partial charge in [-0.15, -0.1) is 0 Å². The van der Waals surface area contributed by atoms with E-state index in [0.29, 0.717) is 11.9 Å². The quantitative estimate of drug-likeness (QED) is 0.486. The third-order valence-corrected chi connectivity index (χ3v) is 2.61. The summed E-state index contributed by atoms with van der Waals surface area (Å²) in [6.45, 7) is 1.93. The minimum atomic E-state index is 0.400. The molecule has 1 aromatic heterocycles. The maximum Gasteiger partial charge on any atom is 0.348 e. The van der Waals surface area contributed by atoms with Crippen LogP contribution in [0, 0.1) is 6.92 Å². The summed E-state index contributed by atoms with van der Waals surface area (Å²) in [6, 6.07) is 5.70. The molecular weight excluding hydrogens is 230 g/mol. The molecule has 1 heterocycles. The Bertz CT molecular complexity index is 609. The number of hydrogen-bond acceptors (Lipinski definition) is 3. The topological polar surface area (TPSA) is 87.0 Å². The number of hydrogen-bond donors (Lipinski definition) is 3. The van der Waals surface area contributed by atoms with E-state index in [0.717, 1.165) is 22.3 Å². The highest BCUT2D eigenvalue weighted by molar-refractivity contribution is 5.88. The van der Waals surface area contributed by atoms with Crippen LogP contribution in [0.5, 0.6) is 5.75 Å². The van der Waals surface area contributed by atoms with E-state index in [1.165, 1.54) is 0 Å². The molecule has 0 bridgehead atoms. The molecular formula is C12H16N5O+. The van der Waals surface area contributed by atoms with Crippen LogP contribution in [0.1, 0.15) is 5.69 Å². The number of nitrogens with zero attached hydrogens (tertiary/aromatic N) is 2. The van der Waals surface area contributed by atoms with Gasteiger partial charge >= 0.3 is 5.96 Å². The van der Waals surface area contributed by atoms with Gasteiger partial charge in [-0.2, -0.15) is 4.98 Å². The van der Waals surface area contributed by atoms with Crippen molar-refractivity contribution in [2.45, 2.75) is 6.92 Å². The zero-order chi connectivity index (χ0) is 13.1. The summed E-state index contributed by atoms with van der Waals surface area (Å²) in [4.78, 5) is 11.5. The number of benzene rings is 1. The Labute approximate surface area is 105 Å². The van der Waals surface area contributed by atoms with E-state index in [-0.39, 0.29) is 0 Å². The fourth-order valence-electron chi connectivity index (χ4n) is 1.63. The molecule has 0 amide bonds. The molecule has 0 fully saturated rings. The average molecular weight is 246 g/mol. The van der Waals surface area contributed by atoms with Crippen molar-refractivity contribution >= 4 is 22.8 Å². The van der Waals surface area contributed by atoms with Crippen molar-refractivity contribution in [3.05, 3.63) is 23.9 Å². The molecule has 4 N–H and O–H groups in total. The van der Waals surface area contributed by atoms with E-state index in [2.05, 4.69) is 20.3 Å². The molecule has 0 atom stereocenters. The normalized spacial score (nSPS) is 11.6. The van der Waals surface area contributed by atoms with Gasteiger partial charge in [0.1, 0.15) is 5.75 Å². The Morgan fingerprint density at radius 1 is 1.39 bits per heavy atom. The summed E-state index contributed by atoms with van der Waals surface area (Å²) >= 11 is 0. The van der Waals surface area contributed by atoms with E-state index in [4.69, 9.17) is 10.5 Å². The second kappa shape index (κ2) is 4.87. The van der Waals surface area contributed by atoms with E-state index in [9.17, 15) is 0 Å². The maximum atomic E-state index is 5.64. The minimum Gasteiger partial charge on any atom is -0.497 e. The first-order valence-electron chi connectivity index (χ1n) is 5.53. The monoisotopic (exact) mass is 246 g/mol. The molecule has 2 rings (SSSR count). The molecule has 6 heteroatoms. The van der Waals surface area contributed by atoms with Gasteiger partial charge in [0.25, 0.3) is 5.95 Å². The highest BCUT2D eigenvalue weighted by atomic mass is 16.5. The van der Waals surface area contributed by atoms with Gasteiger partial charge in [-0.3, -0.25) is 10.7 Å². The van der Waals surface area contributed by atoms with Crippen LogP contribution in [-0.2, 0) is 0 Å². The summed E-state index contributed by atoms with van der Waals surface area (Å²) < 4.78 is 5.18. The Balaban J connectivity index is 2.52. The summed E-state index contributed by atoms with van der Waals surface area (Å²) in [6.07, 6.45) is 0. The molecule has 0 aliphatic carbocycles. The van der Waals surface area contributed by atoms with E-state index < -0.39 is 0 Å². The van der Waals surface area contributed by atoms with Crippen molar-refractivity contribution in [3.8, 4) is 5.75 Å². The predicted molar refractivity (Wildman–Crippen MR) is 70.5 cm³/mol. The summed E-state index contributed by atoms with van der Waals surface area (Å²) in [5.74, 6) is 1.62. The van der Waals surface area contributed by atoms with Crippen molar-refractivity contribution in [2.24, 2.45) is 5.73 Å². The number of anilines is 1. The first-order chi connectivity index (χ1) is 8.63. The van der Waals surface area contributed by atoms with Gasteiger partial charge in [0.15, 0.2) is 0 Å². The van der Waals surface area contributed by atoms with Crippen LogP contribution >= 0.6 is 0 Å². The lowest BCUT2D eigenvalue weighted by molar-refractivity contribution is -0.420. The number of nitrogens with two attached hydrogens (primary N) is 1. The molecule has 0 aliphatic heterocycles. The molecule has 0 spiro atoms. The van der Waals surface area contributed by atoms with Crippen molar-refractivity contribution in [2.75, 3.05) is 19.5 Å². The first kappa shape index (κ1) is 12.1. The molecule has 0 saturated carbocycles. The van der Waals surface area contributed by atoms with Gasteiger partial charge in [-0.05, 0) is 19.1 Å². The van der Waals surface area contributed by atoms with Gasteiger partial charge in [0.2, 0.25) is 0 Å².